The van der Waals surface area contributed by atoms with E-state index in [1.54, 1.807) is 0 Å². The molecule has 0 aromatic carbocycles. The molecule has 2 fully saturated rings. The first-order valence-corrected chi connectivity index (χ1v) is 8.53. The predicted octanol–water partition coefficient (Wildman–Crippen LogP) is 1.07. The van der Waals surface area contributed by atoms with Crippen molar-refractivity contribution in [1.29, 1.82) is 0 Å². The molecule has 0 radical (unpaired) electrons. The van der Waals surface area contributed by atoms with E-state index in [0.29, 0.717) is 25.8 Å². The first-order valence-electron chi connectivity index (χ1n) is 7.03. The van der Waals surface area contributed by atoms with Crippen LogP contribution in [-0.4, -0.2) is 53.8 Å². The van der Waals surface area contributed by atoms with Gasteiger partial charge in [-0.2, -0.15) is 4.31 Å². The SMILES string of the molecule is CC1CN(S(=O)(=O)C2CCCC2C(=O)O)CC(C)(C)O1. The van der Waals surface area contributed by atoms with Crippen LogP contribution in [0.25, 0.3) is 0 Å². The Hall–Kier alpha value is -0.660. The molecule has 0 amide bonds. The van der Waals surface area contributed by atoms with Gasteiger partial charge in [-0.15, -0.1) is 0 Å². The smallest absolute Gasteiger partial charge is 0.307 e. The Morgan fingerprint density at radius 1 is 1.35 bits per heavy atom. The van der Waals surface area contributed by atoms with Crippen molar-refractivity contribution in [3.63, 3.8) is 0 Å². The van der Waals surface area contributed by atoms with Crippen LogP contribution >= 0.6 is 0 Å². The zero-order valence-electron chi connectivity index (χ0n) is 12.2. The highest BCUT2D eigenvalue weighted by Crippen LogP contribution is 2.35. The van der Waals surface area contributed by atoms with Crippen LogP contribution in [0.1, 0.15) is 40.0 Å². The summed E-state index contributed by atoms with van der Waals surface area (Å²) in [7, 11) is -3.59. The zero-order chi connectivity index (χ0) is 15.1. The molecule has 20 heavy (non-hydrogen) atoms. The maximum absolute atomic E-state index is 12.7. The van der Waals surface area contributed by atoms with Crippen LogP contribution in [0.2, 0.25) is 0 Å². The molecule has 2 aliphatic rings. The average molecular weight is 305 g/mol. The first kappa shape index (κ1) is 15.7. The van der Waals surface area contributed by atoms with Crippen LogP contribution in [-0.2, 0) is 19.6 Å². The highest BCUT2D eigenvalue weighted by Gasteiger charge is 2.47. The summed E-state index contributed by atoms with van der Waals surface area (Å²) in [4.78, 5) is 11.2. The topological polar surface area (TPSA) is 83.9 Å². The van der Waals surface area contributed by atoms with Crippen LogP contribution < -0.4 is 0 Å². The third kappa shape index (κ3) is 2.99. The molecule has 1 aliphatic heterocycles. The van der Waals surface area contributed by atoms with Crippen molar-refractivity contribution >= 4 is 16.0 Å². The second-order valence-corrected chi connectivity index (χ2v) is 8.59. The number of carboxylic acid groups (broad SMARTS) is 1. The fourth-order valence-corrected chi connectivity index (χ4v) is 5.77. The van der Waals surface area contributed by atoms with Crippen molar-refractivity contribution in [2.24, 2.45) is 5.92 Å². The number of ether oxygens (including phenoxy) is 1. The Bertz CT molecular complexity index is 487. The first-order chi connectivity index (χ1) is 9.13. The van der Waals surface area contributed by atoms with E-state index in [2.05, 4.69) is 0 Å². The molecule has 0 aromatic heterocycles. The van der Waals surface area contributed by atoms with Gasteiger partial charge in [-0.3, -0.25) is 4.79 Å². The summed E-state index contributed by atoms with van der Waals surface area (Å²) in [5.74, 6) is -1.78. The summed E-state index contributed by atoms with van der Waals surface area (Å²) in [6.07, 6.45) is 1.36. The van der Waals surface area contributed by atoms with Gasteiger partial charge in [0.2, 0.25) is 10.0 Å². The van der Waals surface area contributed by atoms with Crippen molar-refractivity contribution in [2.45, 2.75) is 57.0 Å². The molecule has 0 aromatic rings. The van der Waals surface area contributed by atoms with E-state index in [4.69, 9.17) is 4.74 Å². The molecule has 0 spiro atoms. The molecule has 1 saturated heterocycles. The van der Waals surface area contributed by atoms with Gasteiger partial charge in [0.1, 0.15) is 0 Å². The lowest BCUT2D eigenvalue weighted by molar-refractivity contribution is -0.141. The summed E-state index contributed by atoms with van der Waals surface area (Å²) < 4.78 is 32.6. The molecular weight excluding hydrogens is 282 g/mol. The zero-order valence-corrected chi connectivity index (χ0v) is 13.0. The number of aliphatic carboxylic acids is 1. The largest absolute Gasteiger partial charge is 0.481 e. The molecule has 0 bridgehead atoms. The van der Waals surface area contributed by atoms with Gasteiger partial charge in [0.15, 0.2) is 0 Å². The van der Waals surface area contributed by atoms with E-state index in [1.165, 1.54) is 4.31 Å². The molecule has 7 heteroatoms. The fourth-order valence-electron chi connectivity index (χ4n) is 3.35. The molecule has 116 valence electrons. The van der Waals surface area contributed by atoms with Crippen LogP contribution in [0.3, 0.4) is 0 Å². The second-order valence-electron chi connectivity index (χ2n) is 6.44. The molecule has 1 saturated carbocycles. The van der Waals surface area contributed by atoms with Gasteiger partial charge < -0.3 is 9.84 Å². The molecule has 1 aliphatic carbocycles. The average Bonchev–Trinajstić information content (AvgIpc) is 2.75. The molecular formula is C13H23NO5S. The predicted molar refractivity (Wildman–Crippen MR) is 73.9 cm³/mol. The Morgan fingerprint density at radius 3 is 2.55 bits per heavy atom. The van der Waals surface area contributed by atoms with Crippen LogP contribution in [0.15, 0.2) is 0 Å². The van der Waals surface area contributed by atoms with Crippen LogP contribution in [0.5, 0.6) is 0 Å². The Morgan fingerprint density at radius 2 is 2.00 bits per heavy atom. The van der Waals surface area contributed by atoms with Gasteiger partial charge in [-0.1, -0.05) is 6.42 Å². The molecule has 3 atom stereocenters. The highest BCUT2D eigenvalue weighted by atomic mass is 32.2. The summed E-state index contributed by atoms with van der Waals surface area (Å²) >= 11 is 0. The second kappa shape index (κ2) is 5.27. The lowest BCUT2D eigenvalue weighted by atomic mass is 10.1. The van der Waals surface area contributed by atoms with Crippen molar-refractivity contribution in [1.82, 2.24) is 4.31 Å². The number of hydrogen-bond acceptors (Lipinski definition) is 4. The lowest BCUT2D eigenvalue weighted by Gasteiger charge is -2.42. The fraction of sp³-hybridized carbons (Fsp3) is 0.923. The molecule has 1 heterocycles. The monoisotopic (exact) mass is 305 g/mol. The number of rotatable bonds is 3. The van der Waals surface area contributed by atoms with Gasteiger partial charge >= 0.3 is 5.97 Å². The number of sulfonamides is 1. The normalized spacial score (nSPS) is 35.0. The van der Waals surface area contributed by atoms with Crippen molar-refractivity contribution in [3.05, 3.63) is 0 Å². The third-order valence-corrected chi connectivity index (χ3v) is 6.38. The van der Waals surface area contributed by atoms with E-state index in [-0.39, 0.29) is 12.6 Å². The minimum Gasteiger partial charge on any atom is -0.481 e. The number of carbonyl (C=O) groups is 1. The van der Waals surface area contributed by atoms with Gasteiger partial charge in [0.25, 0.3) is 0 Å². The van der Waals surface area contributed by atoms with E-state index >= 15 is 0 Å². The summed E-state index contributed by atoms with van der Waals surface area (Å²) in [5.41, 5.74) is -0.540. The summed E-state index contributed by atoms with van der Waals surface area (Å²) in [6, 6.07) is 0. The lowest BCUT2D eigenvalue weighted by Crippen LogP contribution is -2.56. The maximum Gasteiger partial charge on any atom is 0.307 e. The van der Waals surface area contributed by atoms with Gasteiger partial charge in [0.05, 0.1) is 22.9 Å². The summed E-state index contributed by atoms with van der Waals surface area (Å²) in [5, 5.41) is 8.40. The quantitative estimate of drug-likeness (QED) is 0.843. The van der Waals surface area contributed by atoms with Crippen molar-refractivity contribution in [3.8, 4) is 0 Å². The molecule has 1 N–H and O–H groups in total. The van der Waals surface area contributed by atoms with Gasteiger partial charge in [-0.05, 0) is 33.6 Å². The van der Waals surface area contributed by atoms with E-state index in [1.807, 2.05) is 20.8 Å². The number of carboxylic acids is 1. The van der Waals surface area contributed by atoms with Gasteiger partial charge in [-0.25, -0.2) is 8.42 Å². The number of hydrogen-bond donors (Lipinski definition) is 1. The van der Waals surface area contributed by atoms with Crippen molar-refractivity contribution < 1.29 is 23.1 Å². The standard InChI is InChI=1S/C13H23NO5S/c1-9-7-14(8-13(2,3)19-9)20(17,18)11-6-4-5-10(11)12(15)16/h9-11H,4-8H2,1-3H3,(H,15,16). The molecule has 3 unspecified atom stereocenters. The van der Waals surface area contributed by atoms with Crippen LogP contribution in [0, 0.1) is 5.92 Å². The van der Waals surface area contributed by atoms with Crippen LogP contribution in [0.4, 0.5) is 0 Å². The van der Waals surface area contributed by atoms with E-state index < -0.39 is 32.8 Å². The Labute approximate surface area is 120 Å². The van der Waals surface area contributed by atoms with Gasteiger partial charge in [0, 0.05) is 13.1 Å². The minimum absolute atomic E-state index is 0.182. The number of morpholine rings is 1. The minimum atomic E-state index is -3.59. The van der Waals surface area contributed by atoms with E-state index in [9.17, 15) is 18.3 Å². The number of nitrogens with zero attached hydrogens (tertiary/aromatic N) is 1. The van der Waals surface area contributed by atoms with E-state index in [0.717, 1.165) is 0 Å². The molecule has 2 rings (SSSR count). The van der Waals surface area contributed by atoms with Crippen molar-refractivity contribution in [2.75, 3.05) is 13.1 Å². The maximum atomic E-state index is 12.7. The third-order valence-electron chi connectivity index (χ3n) is 4.05. The molecule has 6 nitrogen and oxygen atoms in total. The summed E-state index contributed by atoms with van der Waals surface area (Å²) in [6.45, 7) is 6.13. The highest BCUT2D eigenvalue weighted by molar-refractivity contribution is 7.89. The Kier molecular flexibility index (Phi) is 4.15. The Balaban J connectivity index is 2.23.